The molecule has 1 aliphatic rings. The average molecular weight is 250 g/mol. The summed E-state index contributed by atoms with van der Waals surface area (Å²) in [6, 6.07) is 4.24. The van der Waals surface area contributed by atoms with Crippen LogP contribution in [0, 0.1) is 19.8 Å². The van der Waals surface area contributed by atoms with E-state index in [1.165, 1.54) is 16.0 Å². The molecule has 92 valence electrons. The Morgan fingerprint density at radius 1 is 1.29 bits per heavy atom. The third kappa shape index (κ3) is 2.33. The zero-order valence-corrected chi connectivity index (χ0v) is 11.4. The molecule has 0 fully saturated rings. The Labute approximate surface area is 106 Å². The normalized spacial score (nSPS) is 23.7. The van der Waals surface area contributed by atoms with Gasteiger partial charge in [-0.25, -0.2) is 4.99 Å². The van der Waals surface area contributed by atoms with Crippen LogP contribution in [0.25, 0.3) is 0 Å². The van der Waals surface area contributed by atoms with E-state index < -0.39 is 0 Å². The predicted molar refractivity (Wildman–Crippen MR) is 72.4 cm³/mol. The van der Waals surface area contributed by atoms with Crippen LogP contribution in [0.15, 0.2) is 22.0 Å². The molecule has 1 aliphatic heterocycles. The molecule has 1 aromatic rings. The molecule has 0 bridgehead atoms. The molecular formula is C13H18N2OS. The van der Waals surface area contributed by atoms with E-state index in [0.717, 1.165) is 5.69 Å². The second-order valence-electron chi connectivity index (χ2n) is 4.65. The number of benzene rings is 1. The molecule has 4 heteroatoms. The highest BCUT2D eigenvalue weighted by atomic mass is 32.2. The van der Waals surface area contributed by atoms with E-state index in [2.05, 4.69) is 50.3 Å². The van der Waals surface area contributed by atoms with Crippen molar-refractivity contribution in [3.63, 3.8) is 0 Å². The molecule has 0 radical (unpaired) electrons. The molecule has 0 saturated carbocycles. The van der Waals surface area contributed by atoms with Crippen LogP contribution in [-0.2, 0) is 0 Å². The monoisotopic (exact) mass is 250 g/mol. The van der Waals surface area contributed by atoms with E-state index >= 15 is 0 Å². The molecule has 1 heterocycles. The van der Waals surface area contributed by atoms with Crippen molar-refractivity contribution in [1.82, 2.24) is 5.48 Å². The Bertz CT molecular complexity index is 471. The van der Waals surface area contributed by atoms with Gasteiger partial charge in [0.25, 0.3) is 0 Å². The smallest absolute Gasteiger partial charge is 0.130 e. The zero-order chi connectivity index (χ0) is 12.6. The van der Waals surface area contributed by atoms with Crippen molar-refractivity contribution >= 4 is 23.3 Å². The minimum absolute atomic E-state index is 0.206. The van der Waals surface area contributed by atoms with Crippen LogP contribution in [0.3, 0.4) is 0 Å². The standard InChI is InChI=1S/C13H18N2OS/c1-7-5-8(2)12-11(6-7)14-13(15-16)9(3)10(4)17-12/h5-6,9-10,16H,1-4H3,(H,14,15). The highest BCUT2D eigenvalue weighted by Crippen LogP contribution is 2.41. The molecule has 2 N–H and O–H groups in total. The van der Waals surface area contributed by atoms with Crippen molar-refractivity contribution in [1.29, 1.82) is 0 Å². The van der Waals surface area contributed by atoms with Crippen molar-refractivity contribution in [3.05, 3.63) is 23.3 Å². The van der Waals surface area contributed by atoms with Crippen LogP contribution < -0.4 is 5.48 Å². The summed E-state index contributed by atoms with van der Waals surface area (Å²) in [5, 5.41) is 9.56. The zero-order valence-electron chi connectivity index (χ0n) is 10.6. The van der Waals surface area contributed by atoms with E-state index in [1.54, 1.807) is 0 Å². The maximum Gasteiger partial charge on any atom is 0.130 e. The van der Waals surface area contributed by atoms with Gasteiger partial charge in [0.05, 0.1) is 5.69 Å². The van der Waals surface area contributed by atoms with Crippen molar-refractivity contribution < 1.29 is 5.21 Å². The van der Waals surface area contributed by atoms with Crippen molar-refractivity contribution in [2.75, 3.05) is 0 Å². The lowest BCUT2D eigenvalue weighted by Crippen LogP contribution is -2.30. The predicted octanol–water partition coefficient (Wildman–Crippen LogP) is 3.44. The molecule has 3 nitrogen and oxygen atoms in total. The van der Waals surface area contributed by atoms with Gasteiger partial charge in [0.2, 0.25) is 0 Å². The number of hydroxylamine groups is 1. The number of nitrogens with zero attached hydrogens (tertiary/aromatic N) is 1. The summed E-state index contributed by atoms with van der Waals surface area (Å²) >= 11 is 1.83. The van der Waals surface area contributed by atoms with Crippen LogP contribution in [0.5, 0.6) is 0 Å². The van der Waals surface area contributed by atoms with E-state index in [0.29, 0.717) is 11.1 Å². The Kier molecular flexibility index (Phi) is 3.45. The highest BCUT2D eigenvalue weighted by molar-refractivity contribution is 8.00. The fourth-order valence-electron chi connectivity index (χ4n) is 2.04. The molecule has 0 saturated heterocycles. The van der Waals surface area contributed by atoms with Crippen LogP contribution >= 0.6 is 11.8 Å². The van der Waals surface area contributed by atoms with Gasteiger partial charge in [-0.2, -0.15) is 0 Å². The molecule has 0 spiro atoms. The third-order valence-electron chi connectivity index (χ3n) is 3.19. The summed E-state index contributed by atoms with van der Waals surface area (Å²) in [7, 11) is 0. The van der Waals surface area contributed by atoms with Gasteiger partial charge in [0, 0.05) is 16.1 Å². The number of fused-ring (bicyclic) bond motifs is 1. The van der Waals surface area contributed by atoms with Crippen molar-refractivity contribution in [2.24, 2.45) is 10.9 Å². The van der Waals surface area contributed by atoms with Crippen molar-refractivity contribution in [3.8, 4) is 0 Å². The van der Waals surface area contributed by atoms with Gasteiger partial charge in [0.1, 0.15) is 5.84 Å². The van der Waals surface area contributed by atoms with Crippen molar-refractivity contribution in [2.45, 2.75) is 37.8 Å². The largest absolute Gasteiger partial charge is 0.290 e. The number of aliphatic imine (C=N–C) groups is 1. The van der Waals surface area contributed by atoms with Gasteiger partial charge in [-0.15, -0.1) is 11.8 Å². The van der Waals surface area contributed by atoms with Gasteiger partial charge in [-0.1, -0.05) is 19.9 Å². The van der Waals surface area contributed by atoms with Crippen LogP contribution in [-0.4, -0.2) is 16.3 Å². The molecule has 0 aromatic heterocycles. The number of rotatable bonds is 0. The van der Waals surface area contributed by atoms with Gasteiger partial charge in [-0.05, 0) is 31.0 Å². The summed E-state index contributed by atoms with van der Waals surface area (Å²) < 4.78 is 0. The van der Waals surface area contributed by atoms with E-state index in [1.807, 2.05) is 11.8 Å². The van der Waals surface area contributed by atoms with Crippen LogP contribution in [0.2, 0.25) is 0 Å². The Morgan fingerprint density at radius 3 is 2.65 bits per heavy atom. The molecule has 2 unspecified atom stereocenters. The number of nitrogens with one attached hydrogen (secondary N) is 1. The maximum absolute atomic E-state index is 9.18. The lowest BCUT2D eigenvalue weighted by molar-refractivity contribution is 0.228. The maximum atomic E-state index is 9.18. The van der Waals surface area contributed by atoms with E-state index in [9.17, 15) is 5.21 Å². The molecular weight excluding hydrogens is 232 g/mol. The molecule has 1 aromatic carbocycles. The number of amidine groups is 1. The number of hydrogen-bond donors (Lipinski definition) is 2. The SMILES string of the molecule is Cc1cc(C)c2c(c1)N=C(NO)C(C)C(C)S2. The molecule has 2 rings (SSSR count). The van der Waals surface area contributed by atoms with Gasteiger partial charge < -0.3 is 0 Å². The number of thioether (sulfide) groups is 1. The average Bonchev–Trinajstić information content (AvgIpc) is 2.39. The summed E-state index contributed by atoms with van der Waals surface area (Å²) in [6.07, 6.45) is 0. The Morgan fingerprint density at radius 2 is 2.00 bits per heavy atom. The summed E-state index contributed by atoms with van der Waals surface area (Å²) in [5.74, 6) is 0.853. The summed E-state index contributed by atoms with van der Waals surface area (Å²) in [5.41, 5.74) is 5.65. The lowest BCUT2D eigenvalue weighted by atomic mass is 10.1. The molecule has 0 amide bonds. The minimum atomic E-state index is 0.206. The molecule has 0 aliphatic carbocycles. The fourth-order valence-corrected chi connectivity index (χ4v) is 3.21. The van der Waals surface area contributed by atoms with Crippen LogP contribution in [0.1, 0.15) is 25.0 Å². The fraction of sp³-hybridized carbons (Fsp3) is 0.462. The topological polar surface area (TPSA) is 44.6 Å². The Hall–Kier alpha value is -1.000. The third-order valence-corrected chi connectivity index (χ3v) is 4.74. The van der Waals surface area contributed by atoms with Crippen LogP contribution in [0.4, 0.5) is 5.69 Å². The first-order valence-electron chi connectivity index (χ1n) is 5.79. The van der Waals surface area contributed by atoms with E-state index in [-0.39, 0.29) is 5.92 Å². The second kappa shape index (κ2) is 4.70. The van der Waals surface area contributed by atoms with Gasteiger partial charge in [0.15, 0.2) is 0 Å². The van der Waals surface area contributed by atoms with Gasteiger partial charge in [-0.3, -0.25) is 10.7 Å². The highest BCUT2D eigenvalue weighted by Gasteiger charge is 2.25. The summed E-state index contributed by atoms with van der Waals surface area (Å²) in [6.45, 7) is 8.42. The first kappa shape index (κ1) is 12.5. The quantitative estimate of drug-likeness (QED) is 0.693. The lowest BCUT2D eigenvalue weighted by Gasteiger charge is -2.17. The van der Waals surface area contributed by atoms with Gasteiger partial charge >= 0.3 is 0 Å². The Balaban J connectivity index is 2.58. The molecule has 2 atom stereocenters. The first-order chi connectivity index (χ1) is 8.02. The number of hydrogen-bond acceptors (Lipinski definition) is 4. The second-order valence-corrected chi connectivity index (χ2v) is 6.04. The van der Waals surface area contributed by atoms with E-state index in [4.69, 9.17) is 0 Å². The number of aryl methyl sites for hydroxylation is 2. The minimum Gasteiger partial charge on any atom is -0.290 e. The first-order valence-corrected chi connectivity index (χ1v) is 6.67. The summed E-state index contributed by atoms with van der Waals surface area (Å²) in [4.78, 5) is 5.77. The molecule has 17 heavy (non-hydrogen) atoms.